The number of fused-ring (bicyclic) bond motifs is 1. The minimum absolute atomic E-state index is 0.0260. The molecule has 8 nitrogen and oxygen atoms in total. The van der Waals surface area contributed by atoms with E-state index in [0.717, 1.165) is 6.07 Å². The van der Waals surface area contributed by atoms with Gasteiger partial charge < -0.3 is 10.2 Å². The maximum absolute atomic E-state index is 13.8. The van der Waals surface area contributed by atoms with E-state index in [-0.39, 0.29) is 17.9 Å². The summed E-state index contributed by atoms with van der Waals surface area (Å²) in [6, 6.07) is 4.79. The summed E-state index contributed by atoms with van der Waals surface area (Å²) in [5.41, 5.74) is 0.278. The lowest BCUT2D eigenvalue weighted by atomic mass is 9.77. The third-order valence-electron chi connectivity index (χ3n) is 6.83. The summed E-state index contributed by atoms with van der Waals surface area (Å²) in [4.78, 5) is 35.8. The fourth-order valence-electron chi connectivity index (χ4n) is 5.17. The van der Waals surface area contributed by atoms with Crippen LogP contribution in [0.15, 0.2) is 30.6 Å². The van der Waals surface area contributed by atoms with Crippen molar-refractivity contribution in [2.45, 2.75) is 25.3 Å². The fourth-order valence-corrected chi connectivity index (χ4v) is 5.17. The molecule has 0 radical (unpaired) electrons. The number of aromatic nitrogens is 2. The van der Waals surface area contributed by atoms with E-state index in [1.165, 1.54) is 18.5 Å². The van der Waals surface area contributed by atoms with Gasteiger partial charge in [-0.05, 0) is 37.0 Å². The first-order valence-electron chi connectivity index (χ1n) is 10.7. The Morgan fingerprint density at radius 1 is 1.09 bits per heavy atom. The molecule has 3 saturated heterocycles. The van der Waals surface area contributed by atoms with Gasteiger partial charge in [0, 0.05) is 45.4 Å². The number of hydrogen-bond donors (Lipinski definition) is 1. The van der Waals surface area contributed by atoms with Crippen molar-refractivity contribution in [1.29, 1.82) is 0 Å². The zero-order valence-corrected chi connectivity index (χ0v) is 17.7. The highest BCUT2D eigenvalue weighted by Gasteiger charge is 2.56. The van der Waals surface area contributed by atoms with Crippen molar-refractivity contribution in [2.75, 3.05) is 38.1 Å². The zero-order chi connectivity index (χ0) is 22.5. The largest absolute Gasteiger partial charge is 0.356 e. The van der Waals surface area contributed by atoms with Gasteiger partial charge >= 0.3 is 0 Å². The molecule has 1 aromatic heterocycles. The number of carbonyl (C=O) groups is 2. The van der Waals surface area contributed by atoms with Crippen molar-refractivity contribution in [3.8, 4) is 0 Å². The van der Waals surface area contributed by atoms with Crippen molar-refractivity contribution in [3.63, 3.8) is 0 Å². The van der Waals surface area contributed by atoms with E-state index in [1.807, 2.05) is 5.01 Å². The first-order valence-corrected chi connectivity index (χ1v) is 10.7. The number of rotatable bonds is 3. The summed E-state index contributed by atoms with van der Waals surface area (Å²) in [6.07, 6.45) is 3.31. The van der Waals surface area contributed by atoms with E-state index in [1.54, 1.807) is 18.1 Å². The molecule has 2 aromatic rings. The molecule has 1 aromatic carbocycles. The van der Waals surface area contributed by atoms with Gasteiger partial charge in [0.05, 0.1) is 11.5 Å². The van der Waals surface area contributed by atoms with E-state index < -0.39 is 17.0 Å². The van der Waals surface area contributed by atoms with E-state index >= 15 is 0 Å². The Balaban J connectivity index is 1.32. The maximum Gasteiger partial charge on any atom is 0.269 e. The number of nitrogens with one attached hydrogen (secondary N) is 1. The number of benzene rings is 1. The van der Waals surface area contributed by atoms with Gasteiger partial charge in [-0.25, -0.2) is 23.8 Å². The van der Waals surface area contributed by atoms with Gasteiger partial charge in [0.15, 0.2) is 0 Å². The zero-order valence-electron chi connectivity index (χ0n) is 17.7. The Labute approximate surface area is 184 Å². The molecule has 1 spiro atoms. The third-order valence-corrected chi connectivity index (χ3v) is 6.83. The van der Waals surface area contributed by atoms with Crippen molar-refractivity contribution in [1.82, 2.24) is 25.3 Å². The van der Waals surface area contributed by atoms with Crippen molar-refractivity contribution in [3.05, 3.63) is 53.5 Å². The van der Waals surface area contributed by atoms with Gasteiger partial charge in [0.2, 0.25) is 5.91 Å². The highest BCUT2D eigenvalue weighted by molar-refractivity contribution is 5.92. The molecule has 0 saturated carbocycles. The second kappa shape index (κ2) is 7.77. The lowest BCUT2D eigenvalue weighted by molar-refractivity contribution is -0.143. The van der Waals surface area contributed by atoms with Crippen molar-refractivity contribution < 1.29 is 18.4 Å². The normalized spacial score (nSPS) is 22.5. The summed E-state index contributed by atoms with van der Waals surface area (Å²) < 4.78 is 27.6. The van der Waals surface area contributed by atoms with Crippen LogP contribution in [0.25, 0.3) is 0 Å². The first kappa shape index (κ1) is 20.7. The maximum atomic E-state index is 13.8. The predicted octanol–water partition coefficient (Wildman–Crippen LogP) is 1.91. The Bertz CT molecular complexity index is 1050. The standard InChI is InChI=1S/C22H24F2N6O2/c1-25-20(31)17-11-19(27-13-26-17)28-6-3-22(4-7-28)12-29-5-2-18(30(29)21(22)32)14-8-15(23)10-16(24)9-14/h8-11,13,18H,2-7,12H2,1H3,(H,25,31)/t18-/m0/s1. The van der Waals surface area contributed by atoms with Crippen LogP contribution in [0.4, 0.5) is 14.6 Å². The predicted molar refractivity (Wildman–Crippen MR) is 111 cm³/mol. The SMILES string of the molecule is CNC(=O)c1cc(N2CCC3(CC2)CN2CC[C@@H](c4cc(F)cc(F)c4)N2C3=O)ncn1. The summed E-state index contributed by atoms with van der Waals surface area (Å²) in [5.74, 6) is -0.851. The first-order chi connectivity index (χ1) is 15.4. The summed E-state index contributed by atoms with van der Waals surface area (Å²) in [7, 11) is 1.55. The molecule has 3 fully saturated rings. The molecule has 3 aliphatic rings. The number of anilines is 1. The van der Waals surface area contributed by atoms with Crippen molar-refractivity contribution >= 4 is 17.6 Å². The third kappa shape index (κ3) is 3.38. The number of carbonyl (C=O) groups excluding carboxylic acids is 2. The van der Waals surface area contributed by atoms with Gasteiger partial charge in [-0.15, -0.1) is 0 Å². The molecule has 1 atom stereocenters. The molecule has 10 heteroatoms. The molecule has 32 heavy (non-hydrogen) atoms. The van der Waals surface area contributed by atoms with Crippen LogP contribution in [0.3, 0.4) is 0 Å². The van der Waals surface area contributed by atoms with Gasteiger partial charge in [0.25, 0.3) is 5.91 Å². The Morgan fingerprint density at radius 3 is 2.50 bits per heavy atom. The van der Waals surface area contributed by atoms with Gasteiger partial charge in [-0.3, -0.25) is 14.6 Å². The van der Waals surface area contributed by atoms with Crippen LogP contribution in [0.2, 0.25) is 0 Å². The molecule has 5 rings (SSSR count). The van der Waals surface area contributed by atoms with Crippen molar-refractivity contribution in [2.24, 2.45) is 5.41 Å². The monoisotopic (exact) mass is 442 g/mol. The lowest BCUT2D eigenvalue weighted by Gasteiger charge is -2.38. The van der Waals surface area contributed by atoms with Gasteiger partial charge in [-0.1, -0.05) is 0 Å². The second-order valence-electron chi connectivity index (χ2n) is 8.65. The lowest BCUT2D eigenvalue weighted by Crippen LogP contribution is -2.46. The number of piperidine rings is 1. The highest BCUT2D eigenvalue weighted by Crippen LogP contribution is 2.47. The molecule has 3 aliphatic heterocycles. The number of amides is 2. The van der Waals surface area contributed by atoms with Crippen LogP contribution in [0.5, 0.6) is 0 Å². The van der Waals surface area contributed by atoms with E-state index in [9.17, 15) is 18.4 Å². The minimum atomic E-state index is -0.630. The Kier molecular flexibility index (Phi) is 5.04. The smallest absolute Gasteiger partial charge is 0.269 e. The van der Waals surface area contributed by atoms with Gasteiger partial charge in [-0.2, -0.15) is 0 Å². The molecule has 1 N–H and O–H groups in total. The summed E-state index contributed by atoms with van der Waals surface area (Å²) in [5, 5.41) is 6.30. The van der Waals surface area contributed by atoms with Crippen LogP contribution in [0.1, 0.15) is 41.4 Å². The molecular weight excluding hydrogens is 418 g/mol. The average Bonchev–Trinajstić information content (AvgIpc) is 3.31. The summed E-state index contributed by atoms with van der Waals surface area (Å²) in [6.45, 7) is 2.54. The van der Waals surface area contributed by atoms with Crippen LogP contribution < -0.4 is 10.2 Å². The highest BCUT2D eigenvalue weighted by atomic mass is 19.1. The molecule has 0 unspecified atom stereocenters. The fraction of sp³-hybridized carbons (Fsp3) is 0.455. The number of halogens is 2. The molecule has 0 bridgehead atoms. The minimum Gasteiger partial charge on any atom is -0.356 e. The second-order valence-corrected chi connectivity index (χ2v) is 8.65. The topological polar surface area (TPSA) is 81.7 Å². The Hall–Kier alpha value is -3.14. The van der Waals surface area contributed by atoms with Crippen LogP contribution in [-0.2, 0) is 4.79 Å². The van der Waals surface area contributed by atoms with Crippen LogP contribution >= 0.6 is 0 Å². The van der Waals surface area contributed by atoms with Crippen LogP contribution in [-0.4, -0.2) is 65.0 Å². The van der Waals surface area contributed by atoms with E-state index in [2.05, 4.69) is 20.2 Å². The molecule has 0 aliphatic carbocycles. The quantitative estimate of drug-likeness (QED) is 0.782. The Morgan fingerprint density at radius 2 is 1.81 bits per heavy atom. The molecule has 2 amide bonds. The number of nitrogens with zero attached hydrogens (tertiary/aromatic N) is 5. The molecular formula is C22H24F2N6O2. The molecule has 4 heterocycles. The van der Waals surface area contributed by atoms with Crippen LogP contribution in [0, 0.1) is 17.0 Å². The number of hydrogen-bond acceptors (Lipinski definition) is 6. The van der Waals surface area contributed by atoms with E-state index in [4.69, 9.17) is 0 Å². The molecule has 168 valence electrons. The van der Waals surface area contributed by atoms with E-state index in [0.29, 0.717) is 62.5 Å². The number of hydrazine groups is 1. The average molecular weight is 442 g/mol. The van der Waals surface area contributed by atoms with Gasteiger partial charge in [0.1, 0.15) is 29.5 Å². The summed E-state index contributed by atoms with van der Waals surface area (Å²) >= 11 is 0.